The number of ether oxygens (including phenoxy) is 2. The molecule has 236 valence electrons. The van der Waals surface area contributed by atoms with Crippen LogP contribution in [0.5, 0.6) is 0 Å². The Bertz CT molecular complexity index is 1520. The SMILES string of the molecule is CC(C)N(C(C)C)N(C)P(O)O[C@H]1C[C@H](n2ccc(=O)[nH]c2=O)O[C@@H]1CNC(=O)OCC1c2ccccc2-c2ccccc21. The average Bonchev–Trinajstić information content (AvgIpc) is 3.52. The minimum atomic E-state index is -2.08. The summed E-state index contributed by atoms with van der Waals surface area (Å²) in [4.78, 5) is 50.4. The Balaban J connectivity index is 1.26. The number of hydrogen-bond donors (Lipinski definition) is 3. The van der Waals surface area contributed by atoms with Crippen molar-refractivity contribution in [3.63, 3.8) is 0 Å². The Morgan fingerprint density at radius 2 is 1.68 bits per heavy atom. The van der Waals surface area contributed by atoms with Crippen LogP contribution in [0.1, 0.15) is 57.4 Å². The Labute approximate surface area is 257 Å². The van der Waals surface area contributed by atoms with Crippen molar-refractivity contribution in [3.05, 3.63) is 92.8 Å². The van der Waals surface area contributed by atoms with Crippen LogP contribution in [-0.4, -0.2) is 74.8 Å². The van der Waals surface area contributed by atoms with E-state index < -0.39 is 44.3 Å². The number of nitrogens with one attached hydrogen (secondary N) is 2. The quantitative estimate of drug-likeness (QED) is 0.214. The molecule has 1 aliphatic heterocycles. The van der Waals surface area contributed by atoms with E-state index in [9.17, 15) is 19.3 Å². The van der Waals surface area contributed by atoms with Crippen LogP contribution in [-0.2, 0) is 14.0 Å². The van der Waals surface area contributed by atoms with Crippen LogP contribution in [0.2, 0.25) is 0 Å². The zero-order valence-corrected chi connectivity index (χ0v) is 26.4. The molecule has 0 spiro atoms. The molecule has 12 nitrogen and oxygen atoms in total. The number of aromatic nitrogens is 2. The summed E-state index contributed by atoms with van der Waals surface area (Å²) in [5.41, 5.74) is 3.35. The second kappa shape index (κ2) is 13.7. The van der Waals surface area contributed by atoms with Crippen molar-refractivity contribution < 1.29 is 23.7 Å². The summed E-state index contributed by atoms with van der Waals surface area (Å²) in [6, 6.07) is 17.7. The maximum Gasteiger partial charge on any atom is 0.407 e. The molecular formula is C31H40N5O7P. The first kappa shape index (κ1) is 32.0. The third kappa shape index (κ3) is 6.81. The van der Waals surface area contributed by atoms with E-state index in [-0.39, 0.29) is 37.6 Å². The largest absolute Gasteiger partial charge is 0.449 e. The number of rotatable bonds is 11. The highest BCUT2D eigenvalue weighted by Crippen LogP contribution is 2.45. The van der Waals surface area contributed by atoms with Gasteiger partial charge >= 0.3 is 11.8 Å². The molecule has 1 amide bonds. The topological polar surface area (TPSA) is 138 Å². The zero-order chi connectivity index (χ0) is 31.5. The summed E-state index contributed by atoms with van der Waals surface area (Å²) in [6.07, 6.45) is -1.22. The second-order valence-corrected chi connectivity index (χ2v) is 12.8. The molecule has 1 fully saturated rings. The number of benzene rings is 2. The Morgan fingerprint density at radius 3 is 2.27 bits per heavy atom. The predicted octanol–water partition coefficient (Wildman–Crippen LogP) is 3.93. The van der Waals surface area contributed by atoms with Gasteiger partial charge in [0.25, 0.3) is 14.1 Å². The summed E-state index contributed by atoms with van der Waals surface area (Å²) in [5.74, 6) is -0.0817. The highest BCUT2D eigenvalue weighted by Gasteiger charge is 2.41. The van der Waals surface area contributed by atoms with Crippen molar-refractivity contribution in [2.75, 3.05) is 20.2 Å². The highest BCUT2D eigenvalue weighted by atomic mass is 31.2. The normalized spacial score (nSPS) is 20.4. The smallest absolute Gasteiger partial charge is 0.407 e. The molecule has 44 heavy (non-hydrogen) atoms. The Kier molecular flexibility index (Phi) is 9.99. The van der Waals surface area contributed by atoms with Crippen LogP contribution >= 0.6 is 8.53 Å². The number of hydrazine groups is 1. The van der Waals surface area contributed by atoms with Gasteiger partial charge < -0.3 is 24.2 Å². The van der Waals surface area contributed by atoms with Crippen LogP contribution in [0.25, 0.3) is 11.1 Å². The van der Waals surface area contributed by atoms with Gasteiger partial charge in [-0.3, -0.25) is 14.3 Å². The van der Waals surface area contributed by atoms with Gasteiger partial charge in [-0.15, -0.1) is 0 Å². The van der Waals surface area contributed by atoms with Gasteiger partial charge in [0.1, 0.15) is 18.9 Å². The summed E-state index contributed by atoms with van der Waals surface area (Å²) in [7, 11) is -0.323. The molecule has 1 aliphatic carbocycles. The maximum atomic E-state index is 12.9. The molecule has 3 N–H and O–H groups in total. The minimum absolute atomic E-state index is 0.0148. The van der Waals surface area contributed by atoms with Crippen molar-refractivity contribution in [2.24, 2.45) is 0 Å². The van der Waals surface area contributed by atoms with E-state index >= 15 is 0 Å². The third-order valence-electron chi connectivity index (χ3n) is 8.00. The van der Waals surface area contributed by atoms with E-state index in [0.717, 1.165) is 22.3 Å². The first-order chi connectivity index (χ1) is 21.0. The van der Waals surface area contributed by atoms with Gasteiger partial charge in [-0.1, -0.05) is 48.5 Å². The summed E-state index contributed by atoms with van der Waals surface area (Å²) < 4.78 is 20.9. The van der Waals surface area contributed by atoms with E-state index in [1.807, 2.05) is 57.0 Å². The molecule has 13 heteroatoms. The minimum Gasteiger partial charge on any atom is -0.449 e. The molecular weight excluding hydrogens is 585 g/mol. The van der Waals surface area contributed by atoms with E-state index in [0.29, 0.717) is 0 Å². The maximum absolute atomic E-state index is 12.9. The number of fused-ring (bicyclic) bond motifs is 3. The number of hydrogen-bond acceptors (Lipinski definition) is 9. The first-order valence-electron chi connectivity index (χ1n) is 14.8. The van der Waals surface area contributed by atoms with Crippen molar-refractivity contribution in [1.82, 2.24) is 24.7 Å². The number of aromatic amines is 1. The fraction of sp³-hybridized carbons (Fsp3) is 0.452. The third-order valence-corrected chi connectivity index (χ3v) is 9.16. The lowest BCUT2D eigenvalue weighted by molar-refractivity contribution is -0.0273. The lowest BCUT2D eigenvalue weighted by Crippen LogP contribution is -2.46. The number of carbonyl (C=O) groups excluding carboxylic acids is 1. The fourth-order valence-electron chi connectivity index (χ4n) is 6.19. The molecule has 3 aromatic rings. The van der Waals surface area contributed by atoms with E-state index in [2.05, 4.69) is 34.6 Å². The molecule has 0 bridgehead atoms. The number of H-pyrrole nitrogens is 1. The van der Waals surface area contributed by atoms with Crippen molar-refractivity contribution in [2.45, 2.75) is 70.6 Å². The predicted molar refractivity (Wildman–Crippen MR) is 167 cm³/mol. The zero-order valence-electron chi connectivity index (χ0n) is 25.5. The van der Waals surface area contributed by atoms with E-state index in [4.69, 9.17) is 14.0 Å². The average molecular weight is 626 g/mol. The monoisotopic (exact) mass is 625 g/mol. The van der Waals surface area contributed by atoms with Gasteiger partial charge in [-0.25, -0.2) is 14.6 Å². The van der Waals surface area contributed by atoms with Crippen LogP contribution in [0, 0.1) is 0 Å². The summed E-state index contributed by atoms with van der Waals surface area (Å²) in [5, 5.41) is 4.78. The molecule has 1 unspecified atom stereocenters. The van der Waals surface area contributed by atoms with Gasteiger partial charge in [0.05, 0.1) is 6.10 Å². The molecule has 1 aromatic heterocycles. The number of nitrogens with zero attached hydrogens (tertiary/aromatic N) is 3. The van der Waals surface area contributed by atoms with E-state index in [1.54, 1.807) is 11.8 Å². The molecule has 2 aliphatic rings. The summed E-state index contributed by atoms with van der Waals surface area (Å²) >= 11 is 0. The molecule has 1 saturated heterocycles. The second-order valence-electron chi connectivity index (χ2n) is 11.5. The van der Waals surface area contributed by atoms with Crippen LogP contribution in [0.15, 0.2) is 70.4 Å². The number of amides is 1. The Hall–Kier alpha value is -3.38. The van der Waals surface area contributed by atoms with Crippen LogP contribution in [0.4, 0.5) is 4.79 Å². The van der Waals surface area contributed by atoms with Crippen LogP contribution in [0.3, 0.4) is 0 Å². The van der Waals surface area contributed by atoms with Gasteiger partial charge in [0.2, 0.25) is 0 Å². The number of carbonyl (C=O) groups is 1. The Morgan fingerprint density at radius 1 is 1.07 bits per heavy atom. The summed E-state index contributed by atoms with van der Waals surface area (Å²) in [6.45, 7) is 8.28. The van der Waals surface area contributed by atoms with Gasteiger partial charge in [-0.05, 0) is 49.9 Å². The highest BCUT2D eigenvalue weighted by molar-refractivity contribution is 7.43. The van der Waals surface area contributed by atoms with E-state index in [1.165, 1.54) is 16.8 Å². The first-order valence-corrected chi connectivity index (χ1v) is 15.9. The lowest BCUT2D eigenvalue weighted by Gasteiger charge is -2.40. The molecule has 5 rings (SSSR count). The molecule has 2 aromatic carbocycles. The molecule has 0 saturated carbocycles. The molecule has 2 heterocycles. The standard InChI is InChI=1S/C31H40N5O7P/c1-19(2)36(20(3)4)34(5)44(40)43-26-16-29(35-15-14-28(37)33-30(35)38)42-27(26)17-32-31(39)41-18-25-23-12-8-6-10-21(23)22-11-7-9-13-24(22)25/h6-15,19-20,25-27,29,40H,16-18H2,1-5H3,(H,32,39)(H,33,37,38)/t26-,27+,29+,44?/m0/s1. The lowest BCUT2D eigenvalue weighted by atomic mass is 9.98. The fourth-order valence-corrected chi connectivity index (χ4v) is 7.39. The van der Waals surface area contributed by atoms with Gasteiger partial charge in [0, 0.05) is 50.3 Å². The number of alkyl carbamates (subject to hydrolysis) is 1. The van der Waals surface area contributed by atoms with Gasteiger partial charge in [-0.2, -0.15) is 4.78 Å². The van der Waals surface area contributed by atoms with Crippen LogP contribution < -0.4 is 16.6 Å². The van der Waals surface area contributed by atoms with Gasteiger partial charge in [0.15, 0.2) is 0 Å². The molecule has 0 radical (unpaired) electrons. The van der Waals surface area contributed by atoms with Crippen molar-refractivity contribution in [1.29, 1.82) is 0 Å². The molecule has 4 atom stereocenters. The van der Waals surface area contributed by atoms with Crippen molar-refractivity contribution in [3.8, 4) is 11.1 Å². The van der Waals surface area contributed by atoms with Crippen molar-refractivity contribution >= 4 is 14.6 Å².